The van der Waals surface area contributed by atoms with E-state index in [1.54, 1.807) is 4.90 Å². The van der Waals surface area contributed by atoms with Gasteiger partial charge in [-0.2, -0.15) is 4.68 Å². The predicted octanol–water partition coefficient (Wildman–Crippen LogP) is 1.43. The lowest BCUT2D eigenvalue weighted by Crippen LogP contribution is -2.49. The average molecular weight is 489 g/mol. The molecule has 2 atom stereocenters. The van der Waals surface area contributed by atoms with Crippen LogP contribution < -0.4 is 9.62 Å². The first kappa shape index (κ1) is 23.1. The topological polar surface area (TPSA) is 100 Å². The summed E-state index contributed by atoms with van der Waals surface area (Å²) in [4.78, 5) is 19.4. The second-order valence-corrected chi connectivity index (χ2v) is 11.4. The molecule has 1 amide bonds. The van der Waals surface area contributed by atoms with Crippen LogP contribution in [0.2, 0.25) is 0 Å². The fourth-order valence-corrected chi connectivity index (χ4v) is 5.64. The summed E-state index contributed by atoms with van der Waals surface area (Å²) < 4.78 is 31.8. The number of benzene rings is 1. The number of aryl methyl sites for hydroxylation is 1. The molecule has 34 heavy (non-hydrogen) atoms. The minimum atomic E-state index is -3.43. The Morgan fingerprint density at radius 1 is 1.12 bits per heavy atom. The first-order chi connectivity index (χ1) is 16.2. The van der Waals surface area contributed by atoms with Gasteiger partial charge in [-0.15, -0.1) is 5.10 Å². The van der Waals surface area contributed by atoms with Crippen molar-refractivity contribution in [2.24, 2.45) is 11.8 Å². The van der Waals surface area contributed by atoms with Gasteiger partial charge in [-0.1, -0.05) is 12.1 Å². The molecule has 0 spiro atoms. The minimum Gasteiger partial charge on any atom is -0.381 e. The third-order valence-corrected chi connectivity index (χ3v) is 7.56. The Morgan fingerprint density at radius 3 is 2.50 bits per heavy atom. The number of carbonyl (C=O) groups is 1. The second-order valence-electron chi connectivity index (χ2n) is 9.65. The third-order valence-electron chi connectivity index (χ3n) is 6.98. The van der Waals surface area contributed by atoms with Crippen molar-refractivity contribution in [3.63, 3.8) is 0 Å². The summed E-state index contributed by atoms with van der Waals surface area (Å²) in [6.45, 7) is 9.70. The fourth-order valence-electron chi connectivity index (χ4n) is 5.15. The summed E-state index contributed by atoms with van der Waals surface area (Å²) in [5.74, 6) is 1.45. The number of hydrogen-bond donors (Lipinski definition) is 1. The van der Waals surface area contributed by atoms with Crippen LogP contribution in [-0.4, -0.2) is 92.8 Å². The van der Waals surface area contributed by atoms with Crippen LogP contribution >= 0.6 is 0 Å². The maximum absolute atomic E-state index is 12.8. The molecule has 0 bridgehead atoms. The molecule has 1 aromatic heterocycles. The van der Waals surface area contributed by atoms with Gasteiger partial charge in [0, 0.05) is 75.6 Å². The van der Waals surface area contributed by atoms with E-state index in [2.05, 4.69) is 44.7 Å². The number of anilines is 2. The maximum Gasteiger partial charge on any atom is 0.344 e. The lowest BCUT2D eigenvalue weighted by Gasteiger charge is -2.34. The van der Waals surface area contributed by atoms with E-state index in [1.165, 1.54) is 33.8 Å². The number of hydrogen-bond acceptors (Lipinski definition) is 7. The van der Waals surface area contributed by atoms with Crippen molar-refractivity contribution in [2.75, 3.05) is 68.4 Å². The summed E-state index contributed by atoms with van der Waals surface area (Å²) in [6.07, 6.45) is 2.53. The van der Waals surface area contributed by atoms with Gasteiger partial charge in [-0.25, -0.2) is 13.2 Å². The van der Waals surface area contributed by atoms with Crippen LogP contribution in [0.4, 0.5) is 16.3 Å². The molecule has 3 aliphatic heterocycles. The smallest absolute Gasteiger partial charge is 0.344 e. The molecule has 0 aliphatic carbocycles. The van der Waals surface area contributed by atoms with Crippen molar-refractivity contribution in [1.82, 2.24) is 19.6 Å². The minimum absolute atomic E-state index is 0.138. The molecular formula is C23H32N6O4S. The molecule has 10 nitrogen and oxygen atoms in total. The molecule has 1 N–H and O–H groups in total. The standard InChI is InChI=1S/C23H32N6O4S/c1-17-3-4-18(11-21(17)28-13-19-15-33-16-20(19)14-28)12-26-7-9-27(10-8-26)23(30)29-6-5-22(24-29)25-34(2,31)32/h3-6,11,19-20H,7-10,12-16H2,1-2H3,(H,24,25). The van der Waals surface area contributed by atoms with E-state index in [1.807, 2.05) is 0 Å². The fraction of sp³-hybridized carbons (Fsp3) is 0.565. The Labute approximate surface area is 200 Å². The van der Waals surface area contributed by atoms with Gasteiger partial charge < -0.3 is 14.5 Å². The van der Waals surface area contributed by atoms with Crippen molar-refractivity contribution in [2.45, 2.75) is 13.5 Å². The first-order valence-corrected chi connectivity index (χ1v) is 13.6. The first-order valence-electron chi connectivity index (χ1n) is 11.7. The molecule has 3 saturated heterocycles. The normalized spacial score (nSPS) is 23.4. The lowest BCUT2D eigenvalue weighted by molar-refractivity contribution is 0.134. The zero-order chi connectivity index (χ0) is 23.9. The van der Waals surface area contributed by atoms with E-state index in [4.69, 9.17) is 4.74 Å². The Balaban J connectivity index is 1.16. The van der Waals surface area contributed by atoms with Crippen molar-refractivity contribution < 1.29 is 17.9 Å². The molecule has 5 rings (SSSR count). The van der Waals surface area contributed by atoms with E-state index in [0.29, 0.717) is 24.9 Å². The van der Waals surface area contributed by atoms with E-state index < -0.39 is 10.0 Å². The van der Waals surface area contributed by atoms with E-state index in [9.17, 15) is 13.2 Å². The van der Waals surface area contributed by atoms with Gasteiger partial charge in [-0.3, -0.25) is 9.62 Å². The number of amides is 1. The third kappa shape index (κ3) is 5.06. The van der Waals surface area contributed by atoms with Crippen LogP contribution in [-0.2, 0) is 21.3 Å². The Morgan fingerprint density at radius 2 is 1.82 bits per heavy atom. The highest BCUT2D eigenvalue weighted by Gasteiger charge is 2.37. The summed E-state index contributed by atoms with van der Waals surface area (Å²) >= 11 is 0. The van der Waals surface area contributed by atoms with Gasteiger partial charge in [0.25, 0.3) is 0 Å². The van der Waals surface area contributed by atoms with Crippen LogP contribution in [0.15, 0.2) is 30.5 Å². The number of nitrogens with one attached hydrogen (secondary N) is 1. The van der Waals surface area contributed by atoms with Crippen LogP contribution in [0, 0.1) is 18.8 Å². The van der Waals surface area contributed by atoms with Gasteiger partial charge in [0.05, 0.1) is 19.5 Å². The Kier molecular flexibility index (Phi) is 6.26. The quantitative estimate of drug-likeness (QED) is 0.680. The summed E-state index contributed by atoms with van der Waals surface area (Å²) in [6, 6.07) is 7.98. The zero-order valence-corrected chi connectivity index (χ0v) is 20.5. The molecule has 0 radical (unpaired) electrons. The van der Waals surface area contributed by atoms with Gasteiger partial charge in [0.15, 0.2) is 5.82 Å². The lowest BCUT2D eigenvalue weighted by atomic mass is 10.0. The van der Waals surface area contributed by atoms with Gasteiger partial charge in [-0.05, 0) is 24.1 Å². The van der Waals surface area contributed by atoms with Crippen molar-refractivity contribution in [3.8, 4) is 0 Å². The van der Waals surface area contributed by atoms with Crippen LogP contribution in [0.25, 0.3) is 0 Å². The van der Waals surface area contributed by atoms with E-state index >= 15 is 0 Å². The molecule has 4 heterocycles. The number of carbonyl (C=O) groups excluding carboxylic acids is 1. The molecule has 2 unspecified atom stereocenters. The van der Waals surface area contributed by atoms with Crippen LogP contribution in [0.5, 0.6) is 0 Å². The van der Waals surface area contributed by atoms with Crippen molar-refractivity contribution >= 4 is 27.6 Å². The van der Waals surface area contributed by atoms with Gasteiger partial charge >= 0.3 is 6.03 Å². The Bertz CT molecular complexity index is 1150. The predicted molar refractivity (Wildman–Crippen MR) is 130 cm³/mol. The van der Waals surface area contributed by atoms with E-state index in [0.717, 1.165) is 52.2 Å². The summed E-state index contributed by atoms with van der Waals surface area (Å²) in [7, 11) is -3.43. The van der Waals surface area contributed by atoms with Gasteiger partial charge in [0.1, 0.15) is 0 Å². The molecule has 0 saturated carbocycles. The number of ether oxygens (including phenoxy) is 1. The number of rotatable bonds is 5. The highest BCUT2D eigenvalue weighted by Crippen LogP contribution is 2.34. The zero-order valence-electron chi connectivity index (χ0n) is 19.7. The van der Waals surface area contributed by atoms with Gasteiger partial charge in [0.2, 0.25) is 10.0 Å². The summed E-state index contributed by atoms with van der Waals surface area (Å²) in [5, 5.41) is 4.04. The number of fused-ring (bicyclic) bond motifs is 1. The van der Waals surface area contributed by atoms with E-state index in [-0.39, 0.29) is 11.8 Å². The number of nitrogens with zero attached hydrogens (tertiary/aromatic N) is 5. The number of piperazine rings is 1. The molecule has 3 fully saturated rings. The van der Waals surface area contributed by atoms with Crippen LogP contribution in [0.1, 0.15) is 11.1 Å². The maximum atomic E-state index is 12.8. The monoisotopic (exact) mass is 488 g/mol. The highest BCUT2D eigenvalue weighted by atomic mass is 32.2. The largest absolute Gasteiger partial charge is 0.381 e. The molecule has 3 aliphatic rings. The highest BCUT2D eigenvalue weighted by molar-refractivity contribution is 7.92. The number of sulfonamides is 1. The number of aromatic nitrogens is 2. The molecular weight excluding hydrogens is 456 g/mol. The second kappa shape index (κ2) is 9.20. The molecule has 184 valence electrons. The van der Waals surface area contributed by atoms with Crippen molar-refractivity contribution in [1.29, 1.82) is 0 Å². The van der Waals surface area contributed by atoms with Crippen molar-refractivity contribution in [3.05, 3.63) is 41.6 Å². The summed E-state index contributed by atoms with van der Waals surface area (Å²) in [5.41, 5.74) is 3.93. The average Bonchev–Trinajstić information content (AvgIpc) is 3.51. The molecule has 1 aromatic carbocycles. The Hall–Kier alpha value is -2.63. The molecule has 11 heteroatoms. The molecule has 2 aromatic rings. The van der Waals surface area contributed by atoms with Crippen LogP contribution in [0.3, 0.4) is 0 Å². The SMILES string of the molecule is Cc1ccc(CN2CCN(C(=O)n3ccc(NS(C)(=O)=O)n3)CC2)cc1N1CC2COCC2C1.